The molecule has 5 heteroatoms. The minimum atomic E-state index is 0.222. The standard InChI is InChI=1S/C14H21Cl2NO2/c1-11(10-19-3)17(6-7-18-2)14-5-4-12(9-15)8-13(14)16/h4-5,8,11H,6-7,9-10H2,1-3H3. The molecule has 0 spiro atoms. The van der Waals surface area contributed by atoms with E-state index in [0.29, 0.717) is 24.1 Å². The second-order valence-electron chi connectivity index (χ2n) is 4.41. The van der Waals surface area contributed by atoms with Crippen molar-refractivity contribution in [2.45, 2.75) is 18.8 Å². The molecule has 0 aliphatic heterocycles. The Balaban J connectivity index is 2.95. The van der Waals surface area contributed by atoms with E-state index >= 15 is 0 Å². The minimum absolute atomic E-state index is 0.222. The first-order valence-electron chi connectivity index (χ1n) is 6.23. The summed E-state index contributed by atoms with van der Waals surface area (Å²) in [5.41, 5.74) is 2.00. The third-order valence-electron chi connectivity index (χ3n) is 2.95. The molecule has 0 bridgehead atoms. The zero-order chi connectivity index (χ0) is 14.3. The Labute approximate surface area is 125 Å². The molecular formula is C14H21Cl2NO2. The summed E-state index contributed by atoms with van der Waals surface area (Å²) in [6.07, 6.45) is 0. The van der Waals surface area contributed by atoms with Gasteiger partial charge in [-0.1, -0.05) is 17.7 Å². The summed E-state index contributed by atoms with van der Waals surface area (Å²) in [6.45, 7) is 4.14. The molecule has 108 valence electrons. The number of alkyl halides is 1. The van der Waals surface area contributed by atoms with Gasteiger partial charge in [0.15, 0.2) is 0 Å². The Kier molecular flexibility index (Phi) is 7.54. The van der Waals surface area contributed by atoms with E-state index in [2.05, 4.69) is 11.8 Å². The lowest BCUT2D eigenvalue weighted by Gasteiger charge is -2.31. The fourth-order valence-corrected chi connectivity index (χ4v) is 2.44. The maximum absolute atomic E-state index is 6.34. The van der Waals surface area contributed by atoms with Crippen molar-refractivity contribution in [3.05, 3.63) is 28.8 Å². The smallest absolute Gasteiger partial charge is 0.0663 e. The molecule has 3 nitrogen and oxygen atoms in total. The molecule has 0 saturated heterocycles. The highest BCUT2D eigenvalue weighted by Gasteiger charge is 2.17. The Hall–Kier alpha value is -0.480. The normalized spacial score (nSPS) is 12.5. The number of methoxy groups -OCH3 is 2. The molecule has 0 aliphatic rings. The average Bonchev–Trinajstić information content (AvgIpc) is 2.40. The number of halogens is 2. The molecule has 1 rings (SSSR count). The van der Waals surface area contributed by atoms with Crippen LogP contribution in [0.1, 0.15) is 12.5 Å². The molecule has 0 heterocycles. The van der Waals surface area contributed by atoms with Crippen molar-refractivity contribution in [1.82, 2.24) is 0 Å². The highest BCUT2D eigenvalue weighted by molar-refractivity contribution is 6.33. The predicted molar refractivity (Wildman–Crippen MR) is 81.6 cm³/mol. The first-order valence-corrected chi connectivity index (χ1v) is 7.14. The monoisotopic (exact) mass is 305 g/mol. The van der Waals surface area contributed by atoms with E-state index in [1.54, 1.807) is 14.2 Å². The van der Waals surface area contributed by atoms with Gasteiger partial charge in [-0.3, -0.25) is 0 Å². The molecule has 0 amide bonds. The molecular weight excluding hydrogens is 285 g/mol. The van der Waals surface area contributed by atoms with E-state index < -0.39 is 0 Å². The lowest BCUT2D eigenvalue weighted by molar-refractivity contribution is 0.171. The molecule has 1 atom stereocenters. The molecule has 1 aromatic carbocycles. The Bertz CT molecular complexity index is 388. The molecule has 0 aromatic heterocycles. The highest BCUT2D eigenvalue weighted by Crippen LogP contribution is 2.29. The average molecular weight is 306 g/mol. The molecule has 0 saturated carbocycles. The molecule has 0 radical (unpaired) electrons. The van der Waals surface area contributed by atoms with E-state index in [-0.39, 0.29) is 6.04 Å². The first kappa shape index (κ1) is 16.6. The maximum atomic E-state index is 6.34. The minimum Gasteiger partial charge on any atom is -0.383 e. The van der Waals surface area contributed by atoms with Crippen LogP contribution >= 0.6 is 23.2 Å². The van der Waals surface area contributed by atoms with Crippen molar-refractivity contribution < 1.29 is 9.47 Å². The van der Waals surface area contributed by atoms with Crippen LogP contribution in [0, 0.1) is 0 Å². The van der Waals surface area contributed by atoms with Crippen LogP contribution in [0.5, 0.6) is 0 Å². The van der Waals surface area contributed by atoms with Gasteiger partial charge >= 0.3 is 0 Å². The van der Waals surface area contributed by atoms with Gasteiger partial charge in [0.2, 0.25) is 0 Å². The van der Waals surface area contributed by atoms with Crippen LogP contribution in [0.4, 0.5) is 5.69 Å². The fraction of sp³-hybridized carbons (Fsp3) is 0.571. The van der Waals surface area contributed by atoms with E-state index in [4.69, 9.17) is 32.7 Å². The SMILES string of the molecule is COCCN(c1ccc(CCl)cc1Cl)C(C)COC. The molecule has 0 fully saturated rings. The summed E-state index contributed by atoms with van der Waals surface area (Å²) in [7, 11) is 3.39. The molecule has 0 N–H and O–H groups in total. The second kappa shape index (κ2) is 8.64. The summed E-state index contributed by atoms with van der Waals surface area (Å²) in [4.78, 5) is 2.19. The Morgan fingerprint density at radius 2 is 2.00 bits per heavy atom. The van der Waals surface area contributed by atoms with Crippen LogP contribution in [0.15, 0.2) is 18.2 Å². The van der Waals surface area contributed by atoms with Crippen molar-refractivity contribution >= 4 is 28.9 Å². The van der Waals surface area contributed by atoms with E-state index in [9.17, 15) is 0 Å². The van der Waals surface area contributed by atoms with Gasteiger partial charge < -0.3 is 14.4 Å². The third-order valence-corrected chi connectivity index (χ3v) is 3.56. The van der Waals surface area contributed by atoms with Crippen LogP contribution in [0.3, 0.4) is 0 Å². The quantitative estimate of drug-likeness (QED) is 0.685. The number of ether oxygens (including phenoxy) is 2. The van der Waals surface area contributed by atoms with Gasteiger partial charge in [0.25, 0.3) is 0 Å². The van der Waals surface area contributed by atoms with E-state index in [0.717, 1.165) is 17.8 Å². The summed E-state index contributed by atoms with van der Waals surface area (Å²) < 4.78 is 10.4. The topological polar surface area (TPSA) is 21.7 Å². The van der Waals surface area contributed by atoms with Gasteiger partial charge in [0, 0.05) is 32.7 Å². The van der Waals surface area contributed by atoms with Crippen molar-refractivity contribution in [2.24, 2.45) is 0 Å². The van der Waals surface area contributed by atoms with E-state index in [1.807, 2.05) is 18.2 Å². The van der Waals surface area contributed by atoms with Crippen LogP contribution in [-0.2, 0) is 15.4 Å². The largest absolute Gasteiger partial charge is 0.383 e. The number of benzene rings is 1. The maximum Gasteiger partial charge on any atom is 0.0663 e. The van der Waals surface area contributed by atoms with Gasteiger partial charge in [-0.2, -0.15) is 0 Å². The zero-order valence-electron chi connectivity index (χ0n) is 11.7. The molecule has 0 aliphatic carbocycles. The van der Waals surface area contributed by atoms with Crippen LogP contribution in [0.2, 0.25) is 5.02 Å². The highest BCUT2D eigenvalue weighted by atomic mass is 35.5. The lowest BCUT2D eigenvalue weighted by atomic mass is 10.2. The van der Waals surface area contributed by atoms with Crippen LogP contribution in [0.25, 0.3) is 0 Å². The first-order chi connectivity index (χ1) is 9.13. The molecule has 1 unspecified atom stereocenters. The summed E-state index contributed by atoms with van der Waals surface area (Å²) >= 11 is 12.2. The zero-order valence-corrected chi connectivity index (χ0v) is 13.2. The van der Waals surface area contributed by atoms with Crippen molar-refractivity contribution in [3.63, 3.8) is 0 Å². The summed E-state index contributed by atoms with van der Waals surface area (Å²) in [5.74, 6) is 0.464. The van der Waals surface area contributed by atoms with Gasteiger partial charge in [0.05, 0.1) is 23.9 Å². The third kappa shape index (κ3) is 4.84. The Morgan fingerprint density at radius 1 is 1.26 bits per heavy atom. The summed E-state index contributed by atoms with van der Waals surface area (Å²) in [5, 5.41) is 0.706. The number of hydrogen-bond acceptors (Lipinski definition) is 3. The van der Waals surface area contributed by atoms with Gasteiger partial charge in [0.1, 0.15) is 0 Å². The van der Waals surface area contributed by atoms with Crippen molar-refractivity contribution in [2.75, 3.05) is 38.9 Å². The van der Waals surface area contributed by atoms with Gasteiger partial charge in [-0.05, 0) is 24.6 Å². The van der Waals surface area contributed by atoms with Gasteiger partial charge in [-0.15, -0.1) is 11.6 Å². The predicted octanol–water partition coefficient (Wildman–Crippen LogP) is 3.57. The Morgan fingerprint density at radius 3 is 2.53 bits per heavy atom. The number of nitrogens with zero attached hydrogens (tertiary/aromatic N) is 1. The second-order valence-corrected chi connectivity index (χ2v) is 5.08. The number of rotatable bonds is 8. The molecule has 19 heavy (non-hydrogen) atoms. The fourth-order valence-electron chi connectivity index (χ4n) is 1.97. The van der Waals surface area contributed by atoms with E-state index in [1.165, 1.54) is 0 Å². The number of anilines is 1. The number of hydrogen-bond donors (Lipinski definition) is 0. The van der Waals surface area contributed by atoms with Crippen LogP contribution in [-0.4, -0.2) is 40.0 Å². The summed E-state index contributed by atoms with van der Waals surface area (Å²) in [6, 6.07) is 6.12. The lowest BCUT2D eigenvalue weighted by Crippen LogP contribution is -2.38. The van der Waals surface area contributed by atoms with Crippen molar-refractivity contribution in [1.29, 1.82) is 0 Å². The molecule has 1 aromatic rings. The van der Waals surface area contributed by atoms with Crippen molar-refractivity contribution in [3.8, 4) is 0 Å². The van der Waals surface area contributed by atoms with Gasteiger partial charge in [-0.25, -0.2) is 0 Å². The van der Waals surface area contributed by atoms with Crippen LogP contribution < -0.4 is 4.90 Å².